The number of hydroxylamine groups is 2. The molecule has 2 aromatic heterocycles. The third kappa shape index (κ3) is 7.06. The number of halogens is 1. The van der Waals surface area contributed by atoms with E-state index in [0.29, 0.717) is 36.8 Å². The van der Waals surface area contributed by atoms with Crippen molar-refractivity contribution in [3.63, 3.8) is 0 Å². The fraction of sp³-hybridized carbons (Fsp3) is 0.360. The minimum Gasteiger partial charge on any atom is -0.354 e. The molecule has 1 saturated heterocycles. The van der Waals surface area contributed by atoms with Crippen LogP contribution >= 0.6 is 0 Å². The second-order valence-corrected chi connectivity index (χ2v) is 10.8. The van der Waals surface area contributed by atoms with Crippen molar-refractivity contribution in [3.05, 3.63) is 72.7 Å². The smallest absolute Gasteiger partial charge is 0.233 e. The van der Waals surface area contributed by atoms with E-state index in [1.54, 1.807) is 36.8 Å². The molecule has 12 heteroatoms. The van der Waals surface area contributed by atoms with E-state index in [9.17, 15) is 22.8 Å². The van der Waals surface area contributed by atoms with Crippen molar-refractivity contribution in [1.82, 2.24) is 24.3 Å². The van der Waals surface area contributed by atoms with Crippen LogP contribution in [0.5, 0.6) is 0 Å². The van der Waals surface area contributed by atoms with Crippen LogP contribution in [0.15, 0.2) is 61.1 Å². The lowest BCUT2D eigenvalue weighted by Gasteiger charge is -2.35. The first-order chi connectivity index (χ1) is 17.9. The Morgan fingerprint density at radius 1 is 1.00 bits per heavy atom. The lowest BCUT2D eigenvalue weighted by Crippen LogP contribution is -2.51. The Morgan fingerprint density at radius 2 is 1.68 bits per heavy atom. The molecule has 0 spiro atoms. The Bertz CT molecular complexity index is 1250. The molecular formula is C25H29FN6O4S. The molecule has 1 aromatic carbocycles. The molecular weight excluding hydrogens is 499 g/mol. The van der Waals surface area contributed by atoms with Crippen LogP contribution < -0.4 is 4.90 Å². The summed E-state index contributed by atoms with van der Waals surface area (Å²) >= 11 is 0. The summed E-state index contributed by atoms with van der Waals surface area (Å²) in [7, 11) is -3.72. The van der Waals surface area contributed by atoms with Gasteiger partial charge < -0.3 is 4.90 Å². The summed E-state index contributed by atoms with van der Waals surface area (Å²) in [6.45, 7) is 1.44. The second kappa shape index (κ2) is 12.2. The minimum absolute atomic E-state index is 0.235. The van der Waals surface area contributed by atoms with Gasteiger partial charge in [0.15, 0.2) is 0 Å². The van der Waals surface area contributed by atoms with E-state index in [4.69, 9.17) is 0 Å². The summed E-state index contributed by atoms with van der Waals surface area (Å²) in [6.07, 6.45) is 6.52. The Hall–Kier alpha value is -3.48. The maximum absolute atomic E-state index is 13.2. The van der Waals surface area contributed by atoms with E-state index >= 15 is 0 Å². The Labute approximate surface area is 215 Å². The van der Waals surface area contributed by atoms with Crippen molar-refractivity contribution in [3.8, 4) is 11.1 Å². The highest BCUT2D eigenvalue weighted by Gasteiger charge is 2.31. The van der Waals surface area contributed by atoms with Crippen LogP contribution in [0.25, 0.3) is 11.1 Å². The van der Waals surface area contributed by atoms with Crippen molar-refractivity contribution in [2.24, 2.45) is 0 Å². The summed E-state index contributed by atoms with van der Waals surface area (Å²) in [5.74, 6) is 0.677. The monoisotopic (exact) mass is 528 g/mol. The van der Waals surface area contributed by atoms with Gasteiger partial charge in [-0.25, -0.2) is 32.8 Å². The summed E-state index contributed by atoms with van der Waals surface area (Å²) in [6, 6.07) is 10.8. The van der Waals surface area contributed by atoms with Crippen LogP contribution in [0.4, 0.5) is 10.2 Å². The van der Waals surface area contributed by atoms with Gasteiger partial charge in [-0.1, -0.05) is 12.1 Å². The largest absolute Gasteiger partial charge is 0.354 e. The maximum atomic E-state index is 13.2. The van der Waals surface area contributed by atoms with E-state index in [1.165, 1.54) is 16.4 Å². The van der Waals surface area contributed by atoms with Gasteiger partial charge in [-0.3, -0.25) is 10.0 Å². The summed E-state index contributed by atoms with van der Waals surface area (Å²) in [5, 5.41) is 10.4. The normalized spacial score (nSPS) is 15.4. The van der Waals surface area contributed by atoms with Gasteiger partial charge in [0.05, 0.1) is 11.8 Å². The molecule has 1 N–H and O–H groups in total. The molecule has 0 aliphatic carbocycles. The zero-order valence-corrected chi connectivity index (χ0v) is 21.0. The topological polar surface area (TPSA) is 120 Å². The average Bonchev–Trinajstić information content (AvgIpc) is 2.93. The maximum Gasteiger partial charge on any atom is 0.233 e. The molecule has 0 saturated carbocycles. The highest BCUT2D eigenvalue weighted by atomic mass is 32.2. The fourth-order valence-electron chi connectivity index (χ4n) is 4.26. The second-order valence-electron chi connectivity index (χ2n) is 8.77. The predicted octanol–water partition coefficient (Wildman–Crippen LogP) is 2.37. The highest BCUT2D eigenvalue weighted by molar-refractivity contribution is 7.89. The van der Waals surface area contributed by atoms with E-state index in [0.717, 1.165) is 16.9 Å². The Kier molecular flexibility index (Phi) is 8.74. The number of hydrogen-bond donors (Lipinski definition) is 1. The number of piperazine rings is 1. The number of aryl methyl sites for hydroxylation is 1. The van der Waals surface area contributed by atoms with Crippen LogP contribution in [-0.2, 0) is 21.2 Å². The van der Waals surface area contributed by atoms with E-state index in [-0.39, 0.29) is 37.5 Å². The number of carbonyl (C=O) groups excluding carboxylic acids is 1. The first-order valence-corrected chi connectivity index (χ1v) is 13.6. The van der Waals surface area contributed by atoms with Crippen molar-refractivity contribution >= 4 is 22.3 Å². The minimum atomic E-state index is -3.72. The van der Waals surface area contributed by atoms with Crippen LogP contribution in [0.1, 0.15) is 18.7 Å². The standard InChI is InChI=1S/C25H29FN6O4S/c26-22-8-5-20(6-9-22)21-7-10-25(29-17-21)30-13-15-31(16-14-30)37(35,36)18-23(32(34)19-33)3-1-4-24-27-11-2-12-28-24/h2,5-12,17,19,23,34H,1,3-4,13-16,18H2. The third-order valence-electron chi connectivity index (χ3n) is 6.32. The number of hydrogen-bond acceptors (Lipinski definition) is 8. The molecule has 1 fully saturated rings. The van der Waals surface area contributed by atoms with Gasteiger partial charge in [0.2, 0.25) is 16.4 Å². The van der Waals surface area contributed by atoms with E-state index in [1.807, 2.05) is 17.0 Å². The summed E-state index contributed by atoms with van der Waals surface area (Å²) in [5.41, 5.74) is 1.72. The number of sulfonamides is 1. The summed E-state index contributed by atoms with van der Waals surface area (Å²) in [4.78, 5) is 26.0. The van der Waals surface area contributed by atoms with Gasteiger partial charge in [0.25, 0.3) is 0 Å². The molecule has 3 aromatic rings. The van der Waals surface area contributed by atoms with Crippen LogP contribution in [0.2, 0.25) is 0 Å². The van der Waals surface area contributed by atoms with Crippen molar-refractivity contribution in [2.45, 2.75) is 25.3 Å². The van der Waals surface area contributed by atoms with Gasteiger partial charge >= 0.3 is 0 Å². The molecule has 1 amide bonds. The zero-order valence-electron chi connectivity index (χ0n) is 20.2. The van der Waals surface area contributed by atoms with Crippen LogP contribution in [0, 0.1) is 5.82 Å². The Morgan fingerprint density at radius 3 is 2.30 bits per heavy atom. The molecule has 0 bridgehead atoms. The average molecular weight is 529 g/mol. The molecule has 3 heterocycles. The van der Waals surface area contributed by atoms with Gasteiger partial charge in [-0.05, 0) is 48.7 Å². The van der Waals surface area contributed by atoms with Gasteiger partial charge in [-0.15, -0.1) is 0 Å². The molecule has 0 radical (unpaired) electrons. The highest BCUT2D eigenvalue weighted by Crippen LogP contribution is 2.23. The number of anilines is 1. The number of pyridine rings is 1. The lowest BCUT2D eigenvalue weighted by molar-refractivity contribution is -0.158. The van der Waals surface area contributed by atoms with Crippen molar-refractivity contribution in [2.75, 3.05) is 36.8 Å². The molecule has 4 rings (SSSR count). The Balaban J connectivity index is 1.32. The first kappa shape index (κ1) is 26.6. The number of benzene rings is 1. The third-order valence-corrected chi connectivity index (χ3v) is 8.28. The SMILES string of the molecule is O=CN(O)C(CCCc1ncccn1)CS(=O)(=O)N1CCN(c2ccc(-c3ccc(F)cc3)cn2)CC1. The summed E-state index contributed by atoms with van der Waals surface area (Å²) < 4.78 is 40.8. The predicted molar refractivity (Wildman–Crippen MR) is 136 cm³/mol. The number of carbonyl (C=O) groups is 1. The van der Waals surface area contributed by atoms with Gasteiger partial charge in [-0.2, -0.15) is 4.31 Å². The molecule has 37 heavy (non-hydrogen) atoms. The number of amides is 1. The number of aromatic nitrogens is 3. The van der Waals surface area contributed by atoms with Crippen molar-refractivity contribution < 1.29 is 22.8 Å². The molecule has 1 atom stereocenters. The van der Waals surface area contributed by atoms with Gasteiger partial charge in [0, 0.05) is 56.8 Å². The molecule has 1 aliphatic rings. The number of nitrogens with zero attached hydrogens (tertiary/aromatic N) is 6. The van der Waals surface area contributed by atoms with Gasteiger partial charge in [0.1, 0.15) is 17.5 Å². The van der Waals surface area contributed by atoms with Crippen LogP contribution in [0.3, 0.4) is 0 Å². The lowest BCUT2D eigenvalue weighted by atomic mass is 10.1. The molecule has 1 unspecified atom stereocenters. The van der Waals surface area contributed by atoms with E-state index < -0.39 is 16.1 Å². The fourth-order valence-corrected chi connectivity index (χ4v) is 6.00. The number of rotatable bonds is 11. The van der Waals surface area contributed by atoms with Crippen molar-refractivity contribution in [1.29, 1.82) is 0 Å². The quantitative estimate of drug-likeness (QED) is 0.229. The molecule has 10 nitrogen and oxygen atoms in total. The molecule has 196 valence electrons. The van der Waals surface area contributed by atoms with Crippen LogP contribution in [-0.4, -0.2) is 82.3 Å². The molecule has 1 aliphatic heterocycles. The van der Waals surface area contributed by atoms with E-state index in [2.05, 4.69) is 15.0 Å². The zero-order chi connectivity index (χ0) is 26.3. The first-order valence-electron chi connectivity index (χ1n) is 12.0.